The van der Waals surface area contributed by atoms with Gasteiger partial charge in [0.15, 0.2) is 0 Å². The number of fused-ring (bicyclic) bond motifs is 6. The fraction of sp³-hybridized carbons (Fsp3) is 0.444. The number of hydrogen-bond acceptors (Lipinski definition) is 14. The van der Waals surface area contributed by atoms with Crippen molar-refractivity contribution < 1.29 is 33.8 Å². The number of carbonyl (C=O) groups is 5. The number of hydrogen-bond donors (Lipinski definition) is 3. The van der Waals surface area contributed by atoms with E-state index < -0.39 is 29.7 Å². The smallest absolute Gasteiger partial charge is 0.276 e. The summed E-state index contributed by atoms with van der Waals surface area (Å²) < 4.78 is 10.0. The summed E-state index contributed by atoms with van der Waals surface area (Å²) in [5.41, 5.74) is 7.53. The van der Waals surface area contributed by atoms with Gasteiger partial charge in [-0.2, -0.15) is 0 Å². The van der Waals surface area contributed by atoms with Gasteiger partial charge in [-0.1, -0.05) is 13.8 Å². The number of imide groups is 2. The monoisotopic (exact) mass is 989 g/mol. The fourth-order valence-electron chi connectivity index (χ4n) is 12.7. The SMILES string of the molecule is C[C@H]1CN([C@@H]2CCN3Cc4cc5c(cc4OC[C@H]3C2)C(=O)N(C2CCC(=O)NC2=O)C5=O)CCN1c1ccc(Nc2cc(-c3ccnc(N4CCn5c(cc6c5CC(C)(C)C6)C4=O)c3CO)cn(C)c2=O)nc1. The van der Waals surface area contributed by atoms with Crippen molar-refractivity contribution in [2.45, 2.75) is 103 Å². The van der Waals surface area contributed by atoms with E-state index in [2.05, 4.69) is 55.7 Å². The molecule has 0 spiro atoms. The predicted octanol–water partition coefficient (Wildman–Crippen LogP) is 4.00. The van der Waals surface area contributed by atoms with Gasteiger partial charge in [0, 0.05) is 112 Å². The van der Waals surface area contributed by atoms with Crippen LogP contribution in [-0.2, 0) is 49.2 Å². The highest BCUT2D eigenvalue weighted by molar-refractivity contribution is 6.23. The molecule has 4 aromatic heterocycles. The highest BCUT2D eigenvalue weighted by atomic mass is 16.5. The number of amides is 5. The van der Waals surface area contributed by atoms with Crippen LogP contribution in [0.4, 0.5) is 23.0 Å². The molecule has 6 aliphatic heterocycles. The molecule has 19 nitrogen and oxygen atoms in total. The zero-order valence-corrected chi connectivity index (χ0v) is 41.5. The molecule has 12 rings (SSSR count). The van der Waals surface area contributed by atoms with Crippen molar-refractivity contribution >= 4 is 52.5 Å². The van der Waals surface area contributed by atoms with Gasteiger partial charge in [-0.3, -0.25) is 53.7 Å². The zero-order chi connectivity index (χ0) is 50.6. The van der Waals surface area contributed by atoms with E-state index in [0.717, 1.165) is 68.0 Å². The van der Waals surface area contributed by atoms with Gasteiger partial charge in [0.2, 0.25) is 11.8 Å². The lowest BCUT2D eigenvalue weighted by atomic mass is 9.90. The topological polar surface area (TPSA) is 208 Å². The quantitative estimate of drug-likeness (QED) is 0.188. The Morgan fingerprint density at radius 2 is 1.67 bits per heavy atom. The lowest BCUT2D eigenvalue weighted by molar-refractivity contribution is -0.136. The molecule has 7 aliphatic rings. The van der Waals surface area contributed by atoms with E-state index in [1.54, 1.807) is 48.6 Å². The molecule has 3 N–H and O–H groups in total. The molecule has 1 aromatic carbocycles. The predicted molar refractivity (Wildman–Crippen MR) is 270 cm³/mol. The first kappa shape index (κ1) is 46.8. The standard InChI is InChI=1S/C54H59N11O8/c1-30-25-61(34-10-12-60-27-33-17-38-39(21-45(33)73-29-36(60)20-34)51(70)65(50(38)69)42-6-8-47(67)58-49(42)68)13-14-62(30)35-5-7-46(56-24-35)57-41-18-32(26-59(4)52(41)71)37-9-11-55-48(40(37)28-66)64-16-15-63-43(53(64)72)19-31-22-54(2,3)23-44(31)63/h5,7,9,11,17-19,21,24,26,30,34,36,42,66H,6,8,10,12-16,20,22-23,25,27-29H2,1-4H3,(H,56,57)(H,58,67,68)/t30-,34+,36+,42?/m0/s1. The first-order valence-corrected chi connectivity index (χ1v) is 25.4. The van der Waals surface area contributed by atoms with Crippen LogP contribution in [0.15, 0.2) is 65.8 Å². The van der Waals surface area contributed by atoms with Crippen molar-refractivity contribution in [3.8, 4) is 16.9 Å². The molecule has 0 bridgehead atoms. The third-order valence-electron chi connectivity index (χ3n) is 16.3. The van der Waals surface area contributed by atoms with E-state index in [1.807, 2.05) is 24.4 Å². The van der Waals surface area contributed by atoms with E-state index >= 15 is 0 Å². The van der Waals surface area contributed by atoms with Crippen LogP contribution >= 0.6 is 0 Å². The summed E-state index contributed by atoms with van der Waals surface area (Å²) >= 11 is 0. The van der Waals surface area contributed by atoms with Crippen LogP contribution in [0.2, 0.25) is 0 Å². The Morgan fingerprint density at radius 1 is 0.849 bits per heavy atom. The number of piperidine rings is 2. The molecule has 5 amide bonds. The van der Waals surface area contributed by atoms with Crippen LogP contribution in [0.5, 0.6) is 5.75 Å². The molecular formula is C54H59N11O8. The number of benzene rings is 1. The van der Waals surface area contributed by atoms with E-state index in [-0.39, 0.29) is 59.5 Å². The van der Waals surface area contributed by atoms with Crippen molar-refractivity contribution in [1.82, 2.24) is 39.1 Å². The molecule has 73 heavy (non-hydrogen) atoms. The highest BCUT2D eigenvalue weighted by Crippen LogP contribution is 2.41. The molecule has 0 saturated carbocycles. The van der Waals surface area contributed by atoms with Gasteiger partial charge in [0.1, 0.15) is 41.4 Å². The summed E-state index contributed by atoms with van der Waals surface area (Å²) in [4.78, 5) is 98.4. The van der Waals surface area contributed by atoms with Crippen LogP contribution in [0.25, 0.3) is 11.1 Å². The second kappa shape index (κ2) is 17.8. The number of piperazine rings is 1. The molecule has 378 valence electrons. The number of aromatic nitrogens is 4. The number of aryl methyl sites for hydroxylation is 1. The van der Waals surface area contributed by atoms with Crippen LogP contribution in [0, 0.1) is 5.41 Å². The second-order valence-corrected chi connectivity index (χ2v) is 21.6. The average molecular weight is 990 g/mol. The molecule has 4 atom stereocenters. The minimum Gasteiger partial charge on any atom is -0.492 e. The Morgan fingerprint density at radius 3 is 2.44 bits per heavy atom. The highest BCUT2D eigenvalue weighted by Gasteiger charge is 2.46. The van der Waals surface area contributed by atoms with Gasteiger partial charge in [-0.15, -0.1) is 0 Å². The lowest BCUT2D eigenvalue weighted by Crippen LogP contribution is -2.58. The minimum atomic E-state index is -1.02. The average Bonchev–Trinajstić information content (AvgIpc) is 3.89. The number of anilines is 4. The van der Waals surface area contributed by atoms with Crippen LogP contribution in [-0.4, -0.2) is 132 Å². The van der Waals surface area contributed by atoms with Crippen molar-refractivity contribution in [3.63, 3.8) is 0 Å². The number of aliphatic hydroxyl groups is 1. The summed E-state index contributed by atoms with van der Waals surface area (Å²) in [6.45, 7) is 11.9. The Bertz CT molecular complexity index is 3220. The number of pyridine rings is 3. The molecule has 19 heteroatoms. The maximum Gasteiger partial charge on any atom is 0.276 e. The second-order valence-electron chi connectivity index (χ2n) is 21.6. The van der Waals surface area contributed by atoms with Crippen molar-refractivity contribution in [2.24, 2.45) is 12.5 Å². The lowest BCUT2D eigenvalue weighted by Gasteiger charge is -2.48. The van der Waals surface area contributed by atoms with Gasteiger partial charge in [-0.25, -0.2) is 9.97 Å². The summed E-state index contributed by atoms with van der Waals surface area (Å²) in [7, 11) is 1.69. The van der Waals surface area contributed by atoms with Gasteiger partial charge in [-0.05, 0) is 98.0 Å². The molecule has 1 aliphatic carbocycles. The summed E-state index contributed by atoms with van der Waals surface area (Å²) in [5, 5.41) is 16.3. The van der Waals surface area contributed by atoms with Crippen molar-refractivity contribution in [1.29, 1.82) is 0 Å². The number of carbonyl (C=O) groups excluding carboxylic acids is 5. The number of aliphatic hydroxyl groups excluding tert-OH is 1. The molecule has 3 saturated heterocycles. The fourth-order valence-corrected chi connectivity index (χ4v) is 12.7. The maximum atomic E-state index is 14.0. The summed E-state index contributed by atoms with van der Waals surface area (Å²) in [5.74, 6) is -0.740. The number of nitrogens with zero attached hydrogens (tertiary/aromatic N) is 9. The Kier molecular flexibility index (Phi) is 11.4. The Balaban J connectivity index is 0.682. The van der Waals surface area contributed by atoms with E-state index in [9.17, 15) is 33.9 Å². The normalized spacial score (nSPS) is 23.8. The molecule has 0 radical (unpaired) electrons. The van der Waals surface area contributed by atoms with E-state index in [0.29, 0.717) is 77.7 Å². The van der Waals surface area contributed by atoms with E-state index in [4.69, 9.17) is 9.72 Å². The minimum absolute atomic E-state index is 0.0653. The third-order valence-corrected chi connectivity index (χ3v) is 16.3. The molecule has 3 fully saturated rings. The van der Waals surface area contributed by atoms with Gasteiger partial charge in [0.05, 0.1) is 29.6 Å². The van der Waals surface area contributed by atoms with Crippen LogP contribution < -0.4 is 30.7 Å². The summed E-state index contributed by atoms with van der Waals surface area (Å²) in [6.07, 6.45) is 9.15. The Hall–Kier alpha value is -7.22. The number of ether oxygens (including phenoxy) is 1. The first-order valence-electron chi connectivity index (χ1n) is 25.4. The first-order chi connectivity index (χ1) is 35.1. The van der Waals surface area contributed by atoms with Crippen LogP contribution in [0.1, 0.15) is 100 Å². The largest absolute Gasteiger partial charge is 0.492 e. The summed E-state index contributed by atoms with van der Waals surface area (Å²) in [6, 6.07) is 12.6. The third kappa shape index (κ3) is 8.08. The van der Waals surface area contributed by atoms with Crippen molar-refractivity contribution in [3.05, 3.63) is 111 Å². The number of rotatable bonds is 8. The molecule has 10 heterocycles. The van der Waals surface area contributed by atoms with Gasteiger partial charge in [0.25, 0.3) is 23.3 Å². The molecule has 1 unspecified atom stereocenters. The van der Waals surface area contributed by atoms with Crippen molar-refractivity contribution in [2.75, 3.05) is 54.4 Å². The zero-order valence-electron chi connectivity index (χ0n) is 41.5. The Labute approximate surface area is 421 Å². The van der Waals surface area contributed by atoms with E-state index in [1.165, 1.54) is 15.8 Å². The number of nitrogens with one attached hydrogen (secondary N) is 2. The molecule has 5 aromatic rings. The molecular weight excluding hydrogens is 931 g/mol. The van der Waals surface area contributed by atoms with Crippen LogP contribution in [0.3, 0.4) is 0 Å². The van der Waals surface area contributed by atoms with Gasteiger partial charge < -0.3 is 29.2 Å². The van der Waals surface area contributed by atoms with Gasteiger partial charge >= 0.3 is 0 Å². The maximum absolute atomic E-state index is 14.0.